The van der Waals surface area contributed by atoms with E-state index >= 15 is 0 Å². The Morgan fingerprint density at radius 1 is 1.48 bits per heavy atom. The number of amides is 1. The van der Waals surface area contributed by atoms with Gasteiger partial charge >= 0.3 is 6.09 Å². The molecule has 0 aliphatic carbocycles. The van der Waals surface area contributed by atoms with Gasteiger partial charge in [0.2, 0.25) is 5.95 Å². The van der Waals surface area contributed by atoms with Gasteiger partial charge < -0.3 is 18.9 Å². The van der Waals surface area contributed by atoms with Gasteiger partial charge in [-0.15, -0.1) is 0 Å². The van der Waals surface area contributed by atoms with Gasteiger partial charge in [-0.1, -0.05) is 6.92 Å². The van der Waals surface area contributed by atoms with E-state index in [1.807, 2.05) is 27.7 Å². The zero-order valence-electron chi connectivity index (χ0n) is 14.5. The number of nitrogens with zero attached hydrogens (tertiary/aromatic N) is 3. The number of piperidine rings is 1. The standard InChI is InChI=1S/C16H26FN3O3/c1-11-8-19(15(21)23-16(2,3)4)7-6-12(11)13-14(17)18-9-20(13)10-22-5/h9,11-12H,6-8,10H2,1-5H3. The molecule has 1 aliphatic heterocycles. The topological polar surface area (TPSA) is 56.6 Å². The summed E-state index contributed by atoms with van der Waals surface area (Å²) in [5.41, 5.74) is 0.0450. The van der Waals surface area contributed by atoms with Crippen molar-refractivity contribution in [3.63, 3.8) is 0 Å². The second-order valence-corrected chi connectivity index (χ2v) is 7.11. The van der Waals surface area contributed by atoms with Gasteiger partial charge in [-0.2, -0.15) is 4.39 Å². The molecule has 2 heterocycles. The Balaban J connectivity index is 2.07. The Morgan fingerprint density at radius 2 is 2.17 bits per heavy atom. The number of carbonyl (C=O) groups is 1. The number of ether oxygens (including phenoxy) is 2. The minimum Gasteiger partial charge on any atom is -0.444 e. The quantitative estimate of drug-likeness (QED) is 0.856. The lowest BCUT2D eigenvalue weighted by atomic mass is 9.84. The van der Waals surface area contributed by atoms with E-state index in [1.54, 1.807) is 16.6 Å². The molecule has 23 heavy (non-hydrogen) atoms. The summed E-state index contributed by atoms with van der Waals surface area (Å²) in [6, 6.07) is 0. The summed E-state index contributed by atoms with van der Waals surface area (Å²) in [5, 5.41) is 0. The number of aromatic nitrogens is 2. The number of halogens is 1. The minimum atomic E-state index is -0.514. The van der Waals surface area contributed by atoms with Crippen molar-refractivity contribution in [3.8, 4) is 0 Å². The van der Waals surface area contributed by atoms with E-state index in [1.165, 1.54) is 6.33 Å². The lowest BCUT2D eigenvalue weighted by Gasteiger charge is -2.37. The highest BCUT2D eigenvalue weighted by atomic mass is 19.1. The maximum absolute atomic E-state index is 14.1. The minimum absolute atomic E-state index is 0.00587. The lowest BCUT2D eigenvalue weighted by Crippen LogP contribution is -2.45. The van der Waals surface area contributed by atoms with Crippen LogP contribution in [0.4, 0.5) is 9.18 Å². The number of rotatable bonds is 3. The van der Waals surface area contributed by atoms with Crippen LogP contribution in [0.15, 0.2) is 6.33 Å². The zero-order chi connectivity index (χ0) is 17.2. The average molecular weight is 327 g/mol. The monoisotopic (exact) mass is 327 g/mol. The number of hydrogen-bond acceptors (Lipinski definition) is 4. The first-order valence-electron chi connectivity index (χ1n) is 7.90. The zero-order valence-corrected chi connectivity index (χ0v) is 14.5. The number of methoxy groups -OCH3 is 1. The maximum Gasteiger partial charge on any atom is 0.410 e. The Labute approximate surface area is 136 Å². The molecule has 1 aromatic heterocycles. The van der Waals surface area contributed by atoms with Crippen LogP contribution in [0.2, 0.25) is 0 Å². The van der Waals surface area contributed by atoms with E-state index < -0.39 is 11.5 Å². The van der Waals surface area contributed by atoms with Crippen LogP contribution in [0.5, 0.6) is 0 Å². The molecule has 2 atom stereocenters. The van der Waals surface area contributed by atoms with E-state index in [0.29, 0.717) is 25.2 Å². The highest BCUT2D eigenvalue weighted by molar-refractivity contribution is 5.68. The van der Waals surface area contributed by atoms with E-state index in [2.05, 4.69) is 4.98 Å². The fourth-order valence-corrected chi connectivity index (χ4v) is 3.02. The number of hydrogen-bond donors (Lipinski definition) is 0. The van der Waals surface area contributed by atoms with Crippen molar-refractivity contribution in [2.45, 2.75) is 52.4 Å². The average Bonchev–Trinajstić information content (AvgIpc) is 2.78. The van der Waals surface area contributed by atoms with Crippen LogP contribution in [0.3, 0.4) is 0 Å². The molecule has 0 bridgehead atoms. The molecule has 130 valence electrons. The van der Waals surface area contributed by atoms with Crippen LogP contribution < -0.4 is 0 Å². The summed E-state index contributed by atoms with van der Waals surface area (Å²) in [6.45, 7) is 8.91. The summed E-state index contributed by atoms with van der Waals surface area (Å²) in [7, 11) is 1.57. The molecule has 0 spiro atoms. The molecule has 0 N–H and O–H groups in total. The second kappa shape index (κ2) is 6.86. The van der Waals surface area contributed by atoms with E-state index in [9.17, 15) is 9.18 Å². The first-order chi connectivity index (χ1) is 10.7. The van der Waals surface area contributed by atoms with E-state index in [0.717, 1.165) is 0 Å². The Bertz CT molecular complexity index is 553. The molecule has 1 fully saturated rings. The van der Waals surface area contributed by atoms with Gasteiger partial charge in [0, 0.05) is 26.1 Å². The molecule has 0 radical (unpaired) electrons. The molecule has 1 aromatic rings. The van der Waals surface area contributed by atoms with E-state index in [-0.39, 0.29) is 24.7 Å². The first kappa shape index (κ1) is 17.7. The van der Waals surface area contributed by atoms with Crippen LogP contribution in [-0.2, 0) is 16.2 Å². The predicted octanol–water partition coefficient (Wildman–Crippen LogP) is 2.99. The fraction of sp³-hybridized carbons (Fsp3) is 0.750. The van der Waals surface area contributed by atoms with Crippen LogP contribution >= 0.6 is 0 Å². The number of carbonyl (C=O) groups excluding carboxylic acids is 1. The van der Waals surface area contributed by atoms with Crippen molar-refractivity contribution in [2.24, 2.45) is 5.92 Å². The van der Waals surface area contributed by atoms with Gasteiger partial charge in [-0.3, -0.25) is 0 Å². The van der Waals surface area contributed by atoms with Crippen molar-refractivity contribution in [1.82, 2.24) is 14.5 Å². The normalized spacial score (nSPS) is 22.3. The summed E-state index contributed by atoms with van der Waals surface area (Å²) in [5.74, 6) is -0.339. The largest absolute Gasteiger partial charge is 0.444 e. The molecular formula is C16H26FN3O3. The van der Waals surface area contributed by atoms with Crippen molar-refractivity contribution < 1.29 is 18.7 Å². The maximum atomic E-state index is 14.1. The van der Waals surface area contributed by atoms with Crippen LogP contribution in [0, 0.1) is 11.9 Å². The molecule has 6 nitrogen and oxygen atoms in total. The third kappa shape index (κ3) is 4.22. The summed E-state index contributed by atoms with van der Waals surface area (Å²) in [6.07, 6.45) is 1.82. The first-order valence-corrected chi connectivity index (χ1v) is 7.90. The third-order valence-electron chi connectivity index (χ3n) is 4.01. The SMILES string of the molecule is COCn1cnc(F)c1C1CCN(C(=O)OC(C)(C)C)CC1C. The van der Waals surface area contributed by atoms with Crippen molar-refractivity contribution in [2.75, 3.05) is 20.2 Å². The molecule has 1 saturated heterocycles. The highest BCUT2D eigenvalue weighted by Gasteiger charge is 2.35. The van der Waals surface area contributed by atoms with Crippen molar-refractivity contribution in [1.29, 1.82) is 0 Å². The molecular weight excluding hydrogens is 301 g/mol. The van der Waals surface area contributed by atoms with Crippen LogP contribution in [0.1, 0.15) is 45.7 Å². The van der Waals surface area contributed by atoms with Gasteiger partial charge in [0.1, 0.15) is 18.7 Å². The van der Waals surface area contributed by atoms with Gasteiger partial charge in [0.25, 0.3) is 0 Å². The Morgan fingerprint density at radius 3 is 2.74 bits per heavy atom. The molecule has 0 saturated carbocycles. The molecule has 1 aliphatic rings. The van der Waals surface area contributed by atoms with Crippen molar-refractivity contribution >= 4 is 6.09 Å². The molecule has 7 heteroatoms. The highest BCUT2D eigenvalue weighted by Crippen LogP contribution is 2.34. The molecule has 2 rings (SSSR count). The summed E-state index contributed by atoms with van der Waals surface area (Å²) < 4.78 is 26.3. The lowest BCUT2D eigenvalue weighted by molar-refractivity contribution is 0.0148. The number of imidazole rings is 1. The van der Waals surface area contributed by atoms with Gasteiger partial charge in [0.05, 0.1) is 5.69 Å². The van der Waals surface area contributed by atoms with Gasteiger partial charge in [-0.05, 0) is 33.1 Å². The predicted molar refractivity (Wildman–Crippen MR) is 83.5 cm³/mol. The molecule has 0 aromatic carbocycles. The third-order valence-corrected chi connectivity index (χ3v) is 4.01. The van der Waals surface area contributed by atoms with E-state index in [4.69, 9.17) is 9.47 Å². The second-order valence-electron chi connectivity index (χ2n) is 7.11. The Hall–Kier alpha value is -1.63. The molecule has 1 amide bonds. The smallest absolute Gasteiger partial charge is 0.410 e. The van der Waals surface area contributed by atoms with Crippen molar-refractivity contribution in [3.05, 3.63) is 18.0 Å². The Kier molecular flexibility index (Phi) is 5.29. The van der Waals surface area contributed by atoms with Gasteiger partial charge in [0.15, 0.2) is 0 Å². The van der Waals surface area contributed by atoms with Gasteiger partial charge in [-0.25, -0.2) is 9.78 Å². The summed E-state index contributed by atoms with van der Waals surface area (Å²) >= 11 is 0. The number of likely N-dealkylation sites (tertiary alicyclic amines) is 1. The fourth-order valence-electron chi connectivity index (χ4n) is 3.02. The van der Waals surface area contributed by atoms with Crippen LogP contribution in [0.25, 0.3) is 0 Å². The summed E-state index contributed by atoms with van der Waals surface area (Å²) in [4.78, 5) is 17.6. The van der Waals surface area contributed by atoms with Crippen LogP contribution in [-0.4, -0.2) is 46.3 Å². The molecule has 2 unspecified atom stereocenters.